The van der Waals surface area contributed by atoms with Crippen LogP contribution in [-0.2, 0) is 14.9 Å². The van der Waals surface area contributed by atoms with E-state index in [-0.39, 0.29) is 17.8 Å². The van der Waals surface area contributed by atoms with Gasteiger partial charge in [0.05, 0.1) is 18.9 Å². The third kappa shape index (κ3) is 4.23. The van der Waals surface area contributed by atoms with Crippen LogP contribution < -0.4 is 4.90 Å². The molecule has 1 unspecified atom stereocenters. The Bertz CT molecular complexity index is 755. The molecule has 0 spiro atoms. The van der Waals surface area contributed by atoms with Crippen LogP contribution in [0, 0.1) is 5.82 Å². The highest BCUT2D eigenvalue weighted by atomic mass is 32.2. The number of nitrogens with zero attached hydrogens (tertiary/aromatic N) is 5. The summed E-state index contributed by atoms with van der Waals surface area (Å²) in [5.41, 5.74) is 0.375. The van der Waals surface area contributed by atoms with Gasteiger partial charge in [-0.2, -0.15) is 17.0 Å². The molecule has 0 aromatic carbocycles. The number of rotatable bonds is 5. The van der Waals surface area contributed by atoms with E-state index in [1.54, 1.807) is 11.9 Å². The monoisotopic (exact) mass is 401 g/mol. The van der Waals surface area contributed by atoms with Gasteiger partial charge in [-0.15, -0.1) is 0 Å². The molecule has 0 amide bonds. The SMILES string of the molecule is CC(C)c1ncnc(N(C)C2CCCN(S(=O)(=O)N3CCOCC3)C2)c1F. The van der Waals surface area contributed by atoms with Crippen LogP contribution in [0.15, 0.2) is 6.33 Å². The van der Waals surface area contributed by atoms with E-state index in [4.69, 9.17) is 4.74 Å². The zero-order valence-electron chi connectivity index (χ0n) is 16.1. The summed E-state index contributed by atoms with van der Waals surface area (Å²) in [6, 6.07) is -0.140. The molecule has 1 aromatic heterocycles. The fourth-order valence-electron chi connectivity index (χ4n) is 3.58. The first kappa shape index (κ1) is 20.4. The number of likely N-dealkylation sites (N-methyl/N-ethyl adjacent to an activating group) is 1. The minimum absolute atomic E-state index is 0.0512. The average molecular weight is 402 g/mol. The minimum atomic E-state index is -3.53. The van der Waals surface area contributed by atoms with Crippen LogP contribution >= 0.6 is 0 Å². The zero-order valence-corrected chi connectivity index (χ0v) is 17.0. The first-order valence-corrected chi connectivity index (χ1v) is 10.8. The highest BCUT2D eigenvalue weighted by Crippen LogP contribution is 2.27. The summed E-state index contributed by atoms with van der Waals surface area (Å²) in [6.45, 7) is 6.14. The zero-order chi connectivity index (χ0) is 19.6. The van der Waals surface area contributed by atoms with Crippen molar-refractivity contribution in [1.82, 2.24) is 18.6 Å². The number of hydrogen-bond donors (Lipinski definition) is 0. The molecule has 152 valence electrons. The van der Waals surface area contributed by atoms with Crippen LogP contribution in [0.5, 0.6) is 0 Å². The molecule has 0 aliphatic carbocycles. The molecular formula is C17H28FN5O3S. The number of hydrogen-bond acceptors (Lipinski definition) is 6. The minimum Gasteiger partial charge on any atom is -0.379 e. The molecule has 1 atom stereocenters. The van der Waals surface area contributed by atoms with Crippen molar-refractivity contribution in [2.24, 2.45) is 0 Å². The van der Waals surface area contributed by atoms with Crippen molar-refractivity contribution in [3.05, 3.63) is 17.8 Å². The first-order chi connectivity index (χ1) is 12.8. The van der Waals surface area contributed by atoms with Gasteiger partial charge in [0.1, 0.15) is 6.33 Å². The van der Waals surface area contributed by atoms with Gasteiger partial charge in [-0.05, 0) is 18.8 Å². The van der Waals surface area contributed by atoms with Gasteiger partial charge in [0, 0.05) is 39.3 Å². The van der Waals surface area contributed by atoms with Crippen molar-refractivity contribution in [1.29, 1.82) is 0 Å². The van der Waals surface area contributed by atoms with Crippen LogP contribution in [0.4, 0.5) is 10.2 Å². The van der Waals surface area contributed by atoms with Crippen LogP contribution in [0.2, 0.25) is 0 Å². The number of morpholine rings is 1. The predicted octanol–water partition coefficient (Wildman–Crippen LogP) is 1.22. The Morgan fingerprint density at radius 3 is 2.59 bits per heavy atom. The number of ether oxygens (including phenoxy) is 1. The van der Waals surface area contributed by atoms with Crippen molar-refractivity contribution in [2.75, 3.05) is 51.3 Å². The molecule has 0 radical (unpaired) electrons. The number of piperidine rings is 1. The summed E-state index contributed by atoms with van der Waals surface area (Å²) < 4.78 is 48.9. The fraction of sp³-hybridized carbons (Fsp3) is 0.765. The third-order valence-electron chi connectivity index (χ3n) is 5.21. The summed E-state index contributed by atoms with van der Waals surface area (Å²) in [5, 5.41) is 0. The molecule has 0 bridgehead atoms. The molecule has 8 nitrogen and oxygen atoms in total. The maximum atomic E-state index is 14.8. The Morgan fingerprint density at radius 2 is 1.93 bits per heavy atom. The van der Waals surface area contributed by atoms with Crippen LogP contribution in [0.1, 0.15) is 38.3 Å². The Kier molecular flexibility index (Phi) is 6.29. The average Bonchev–Trinajstić information content (AvgIpc) is 2.68. The lowest BCUT2D eigenvalue weighted by atomic mass is 10.1. The molecule has 2 fully saturated rings. The van der Waals surface area contributed by atoms with Crippen molar-refractivity contribution in [3.8, 4) is 0 Å². The largest absolute Gasteiger partial charge is 0.379 e. The van der Waals surface area contributed by atoms with Gasteiger partial charge in [0.2, 0.25) is 0 Å². The predicted molar refractivity (Wildman–Crippen MR) is 100 cm³/mol. The lowest BCUT2D eigenvalue weighted by Crippen LogP contribution is -2.54. The number of halogens is 1. The van der Waals surface area contributed by atoms with E-state index in [9.17, 15) is 12.8 Å². The Morgan fingerprint density at radius 1 is 1.22 bits per heavy atom. The fourth-order valence-corrected chi connectivity index (χ4v) is 5.24. The maximum Gasteiger partial charge on any atom is 0.282 e. The standard InChI is InChI=1S/C17H28FN5O3S/c1-13(2)16-15(18)17(20-12-19-16)21(3)14-5-4-6-23(11-14)27(24,25)22-7-9-26-10-8-22/h12-14H,4-11H2,1-3H3. The van der Waals surface area contributed by atoms with E-state index in [1.165, 1.54) is 14.9 Å². The van der Waals surface area contributed by atoms with Crippen molar-refractivity contribution in [2.45, 2.75) is 38.6 Å². The van der Waals surface area contributed by atoms with Crippen molar-refractivity contribution >= 4 is 16.0 Å². The van der Waals surface area contributed by atoms with Gasteiger partial charge in [-0.25, -0.2) is 14.4 Å². The van der Waals surface area contributed by atoms with Crippen LogP contribution in [-0.4, -0.2) is 79.5 Å². The second-order valence-electron chi connectivity index (χ2n) is 7.34. The smallest absolute Gasteiger partial charge is 0.282 e. The maximum absolute atomic E-state index is 14.8. The van der Waals surface area contributed by atoms with E-state index in [2.05, 4.69) is 9.97 Å². The Labute approximate surface area is 160 Å². The van der Waals surface area contributed by atoms with E-state index in [1.807, 2.05) is 13.8 Å². The molecule has 2 saturated heterocycles. The first-order valence-electron chi connectivity index (χ1n) is 9.38. The summed E-state index contributed by atoms with van der Waals surface area (Å²) in [7, 11) is -1.76. The second-order valence-corrected chi connectivity index (χ2v) is 9.26. The molecule has 0 saturated carbocycles. The van der Waals surface area contributed by atoms with Gasteiger partial charge in [0.25, 0.3) is 10.2 Å². The summed E-state index contributed by atoms with van der Waals surface area (Å²) in [5.74, 6) is -0.253. The van der Waals surface area contributed by atoms with Gasteiger partial charge >= 0.3 is 0 Å². The molecule has 3 rings (SSSR count). The number of anilines is 1. The van der Waals surface area contributed by atoms with Crippen LogP contribution in [0.25, 0.3) is 0 Å². The number of aromatic nitrogens is 2. The Hall–Kier alpha value is -1.36. The molecule has 0 N–H and O–H groups in total. The molecule has 27 heavy (non-hydrogen) atoms. The third-order valence-corrected chi connectivity index (χ3v) is 7.21. The molecule has 1 aromatic rings. The van der Waals surface area contributed by atoms with E-state index >= 15 is 0 Å². The molecular weight excluding hydrogens is 373 g/mol. The second kappa shape index (κ2) is 8.34. The molecule has 2 aliphatic rings. The lowest BCUT2D eigenvalue weighted by Gasteiger charge is -2.40. The van der Waals surface area contributed by atoms with E-state index in [0.29, 0.717) is 45.1 Å². The van der Waals surface area contributed by atoms with Crippen LogP contribution in [0.3, 0.4) is 0 Å². The van der Waals surface area contributed by atoms with E-state index in [0.717, 1.165) is 12.8 Å². The summed E-state index contributed by atoms with van der Waals surface area (Å²) in [6.07, 6.45) is 2.88. The molecule has 3 heterocycles. The van der Waals surface area contributed by atoms with Gasteiger partial charge in [-0.3, -0.25) is 0 Å². The molecule has 10 heteroatoms. The molecule has 2 aliphatic heterocycles. The summed E-state index contributed by atoms with van der Waals surface area (Å²) >= 11 is 0. The summed E-state index contributed by atoms with van der Waals surface area (Å²) in [4.78, 5) is 9.92. The Balaban J connectivity index is 1.77. The topological polar surface area (TPSA) is 78.9 Å². The van der Waals surface area contributed by atoms with Crippen molar-refractivity contribution in [3.63, 3.8) is 0 Å². The normalized spacial score (nSPS) is 22.9. The van der Waals surface area contributed by atoms with Gasteiger partial charge < -0.3 is 9.64 Å². The lowest BCUT2D eigenvalue weighted by molar-refractivity contribution is 0.0695. The van der Waals surface area contributed by atoms with E-state index < -0.39 is 16.0 Å². The van der Waals surface area contributed by atoms with Crippen molar-refractivity contribution < 1.29 is 17.5 Å². The highest BCUT2D eigenvalue weighted by Gasteiger charge is 2.36. The highest BCUT2D eigenvalue weighted by molar-refractivity contribution is 7.86. The van der Waals surface area contributed by atoms with Gasteiger partial charge in [-0.1, -0.05) is 13.8 Å². The van der Waals surface area contributed by atoms with Gasteiger partial charge in [0.15, 0.2) is 11.6 Å². The quantitative estimate of drug-likeness (QED) is 0.738.